The first-order valence-corrected chi connectivity index (χ1v) is 8.73. The molecule has 2 fully saturated rings. The highest BCUT2D eigenvalue weighted by atomic mass is 16.2. The van der Waals surface area contributed by atoms with Crippen molar-refractivity contribution in [1.29, 1.82) is 0 Å². The molecule has 25 heavy (non-hydrogen) atoms. The number of hydrogen-bond donors (Lipinski definition) is 1. The predicted octanol–water partition coefficient (Wildman–Crippen LogP) is 2.30. The lowest BCUT2D eigenvalue weighted by Gasteiger charge is -2.43. The average Bonchev–Trinajstić information content (AvgIpc) is 3.24. The molecule has 2 aromatic rings. The molecule has 0 spiro atoms. The Balaban J connectivity index is 1.48. The van der Waals surface area contributed by atoms with Crippen molar-refractivity contribution in [2.75, 3.05) is 0 Å². The summed E-state index contributed by atoms with van der Waals surface area (Å²) in [6.45, 7) is 4.42. The maximum Gasteiger partial charge on any atom is 0.248 e. The maximum absolute atomic E-state index is 12.7. The van der Waals surface area contributed by atoms with Gasteiger partial charge in [0.1, 0.15) is 5.54 Å². The number of aromatic nitrogens is 3. The van der Waals surface area contributed by atoms with Crippen LogP contribution in [0.5, 0.6) is 0 Å². The van der Waals surface area contributed by atoms with Gasteiger partial charge >= 0.3 is 0 Å². The molecule has 0 aliphatic heterocycles. The van der Waals surface area contributed by atoms with Crippen molar-refractivity contribution in [3.05, 3.63) is 47.8 Å². The summed E-state index contributed by atoms with van der Waals surface area (Å²) in [5.41, 5.74) is 0.495. The Morgan fingerprint density at radius 2 is 1.84 bits per heavy atom. The zero-order chi connectivity index (χ0) is 17.7. The average molecular weight is 338 g/mol. The van der Waals surface area contributed by atoms with Crippen LogP contribution < -0.4 is 5.32 Å². The number of amides is 1. The van der Waals surface area contributed by atoms with Crippen molar-refractivity contribution in [2.24, 2.45) is 5.41 Å². The molecule has 2 aliphatic carbocycles. The smallest absolute Gasteiger partial charge is 0.248 e. The van der Waals surface area contributed by atoms with Crippen molar-refractivity contribution in [1.82, 2.24) is 20.3 Å². The first-order valence-electron chi connectivity index (χ1n) is 8.73. The Kier molecular flexibility index (Phi) is 3.52. The van der Waals surface area contributed by atoms with Crippen molar-refractivity contribution in [2.45, 2.75) is 51.1 Å². The zero-order valence-corrected chi connectivity index (χ0v) is 14.5. The Morgan fingerprint density at radius 3 is 2.44 bits per heavy atom. The number of ketones is 1. The van der Waals surface area contributed by atoms with Gasteiger partial charge < -0.3 is 5.32 Å². The summed E-state index contributed by atoms with van der Waals surface area (Å²) < 4.78 is 1.57. The fourth-order valence-electron chi connectivity index (χ4n) is 3.69. The largest absolute Gasteiger partial charge is 0.351 e. The van der Waals surface area contributed by atoms with E-state index in [1.165, 1.54) is 0 Å². The van der Waals surface area contributed by atoms with Crippen molar-refractivity contribution in [3.63, 3.8) is 0 Å². The Morgan fingerprint density at radius 1 is 1.16 bits per heavy atom. The van der Waals surface area contributed by atoms with Gasteiger partial charge in [0.05, 0.1) is 6.20 Å². The summed E-state index contributed by atoms with van der Waals surface area (Å²) in [5, 5.41) is 11.2. The highest BCUT2D eigenvalue weighted by Crippen LogP contribution is 2.45. The van der Waals surface area contributed by atoms with Crippen molar-refractivity contribution >= 4 is 11.7 Å². The van der Waals surface area contributed by atoms with Crippen LogP contribution in [0.1, 0.15) is 55.6 Å². The van der Waals surface area contributed by atoms with Crippen LogP contribution >= 0.6 is 0 Å². The molecule has 1 N–H and O–H groups in total. The Bertz CT molecular complexity index is 813. The molecule has 0 saturated heterocycles. The molecule has 2 saturated carbocycles. The SMILES string of the molecule is CC1(C)CC(NC(=O)C2(n3cc(C(=O)c4ccccc4)nn3)CC2)C1. The van der Waals surface area contributed by atoms with Gasteiger partial charge in [-0.15, -0.1) is 5.10 Å². The van der Waals surface area contributed by atoms with Crippen LogP contribution in [0.25, 0.3) is 0 Å². The van der Waals surface area contributed by atoms with Gasteiger partial charge in [-0.1, -0.05) is 49.4 Å². The van der Waals surface area contributed by atoms with E-state index in [0.29, 0.717) is 11.0 Å². The summed E-state index contributed by atoms with van der Waals surface area (Å²) in [6, 6.07) is 9.23. The van der Waals surface area contributed by atoms with Crippen LogP contribution in [0.2, 0.25) is 0 Å². The highest BCUT2D eigenvalue weighted by Gasteiger charge is 2.54. The molecule has 6 nitrogen and oxygen atoms in total. The lowest BCUT2D eigenvalue weighted by atomic mass is 9.68. The molecule has 0 radical (unpaired) electrons. The molecule has 0 bridgehead atoms. The van der Waals surface area contributed by atoms with Crippen LogP contribution in [0, 0.1) is 5.41 Å². The third-order valence-electron chi connectivity index (χ3n) is 5.28. The zero-order valence-electron chi connectivity index (χ0n) is 14.5. The summed E-state index contributed by atoms with van der Waals surface area (Å²) in [6.07, 6.45) is 5.08. The second-order valence-corrected chi connectivity index (χ2v) is 8.02. The third-order valence-corrected chi connectivity index (χ3v) is 5.28. The molecule has 4 rings (SSSR count). The topological polar surface area (TPSA) is 76.9 Å². The van der Waals surface area contributed by atoms with Crippen molar-refractivity contribution in [3.8, 4) is 0 Å². The van der Waals surface area contributed by atoms with Gasteiger partial charge in [0.2, 0.25) is 11.7 Å². The van der Waals surface area contributed by atoms with E-state index in [0.717, 1.165) is 25.7 Å². The maximum atomic E-state index is 12.7. The lowest BCUT2D eigenvalue weighted by molar-refractivity contribution is -0.128. The molecule has 1 aromatic heterocycles. The van der Waals surface area contributed by atoms with E-state index in [2.05, 4.69) is 29.5 Å². The number of nitrogens with one attached hydrogen (secondary N) is 1. The molecule has 6 heteroatoms. The van der Waals surface area contributed by atoms with E-state index >= 15 is 0 Å². The van der Waals surface area contributed by atoms with E-state index in [9.17, 15) is 9.59 Å². The first-order chi connectivity index (χ1) is 11.9. The van der Waals surface area contributed by atoms with Crippen molar-refractivity contribution < 1.29 is 9.59 Å². The fraction of sp³-hybridized carbons (Fsp3) is 0.474. The second kappa shape index (κ2) is 5.51. The molecule has 130 valence electrons. The Labute approximate surface area is 146 Å². The van der Waals surface area contributed by atoms with Gasteiger partial charge in [0.15, 0.2) is 5.69 Å². The molecular formula is C19H22N4O2. The van der Waals surface area contributed by atoms with Gasteiger partial charge in [-0.2, -0.15) is 0 Å². The standard InChI is InChI=1S/C19H22N4O2/c1-18(2)10-14(11-18)20-17(25)19(8-9-19)23-12-15(21-22-23)16(24)13-6-4-3-5-7-13/h3-7,12,14H,8-11H2,1-2H3,(H,20,25). The molecule has 0 atom stereocenters. The number of benzene rings is 1. The van der Waals surface area contributed by atoms with E-state index in [4.69, 9.17) is 0 Å². The van der Waals surface area contributed by atoms with Crippen LogP contribution in [0.15, 0.2) is 36.5 Å². The Hall–Kier alpha value is -2.50. The molecule has 1 heterocycles. The number of rotatable bonds is 5. The van der Waals surface area contributed by atoms with Crippen LogP contribution in [-0.4, -0.2) is 32.7 Å². The van der Waals surface area contributed by atoms with E-state index in [1.54, 1.807) is 23.0 Å². The van der Waals surface area contributed by atoms with Crippen LogP contribution in [-0.2, 0) is 10.3 Å². The van der Waals surface area contributed by atoms with Gasteiger partial charge in [0, 0.05) is 11.6 Å². The predicted molar refractivity (Wildman–Crippen MR) is 92.1 cm³/mol. The first kappa shape index (κ1) is 16.0. The number of nitrogens with zero attached hydrogens (tertiary/aromatic N) is 3. The second-order valence-electron chi connectivity index (χ2n) is 8.02. The lowest BCUT2D eigenvalue weighted by Crippen LogP contribution is -2.52. The van der Waals surface area contributed by atoms with E-state index in [1.807, 2.05) is 18.2 Å². The molecule has 1 aromatic carbocycles. The highest BCUT2D eigenvalue weighted by molar-refractivity contribution is 6.07. The molecule has 2 aliphatic rings. The van der Waals surface area contributed by atoms with E-state index < -0.39 is 5.54 Å². The fourth-order valence-corrected chi connectivity index (χ4v) is 3.69. The van der Waals surface area contributed by atoms with Gasteiger partial charge in [-0.05, 0) is 31.1 Å². The van der Waals surface area contributed by atoms with E-state index in [-0.39, 0.29) is 23.4 Å². The van der Waals surface area contributed by atoms with Crippen LogP contribution in [0.3, 0.4) is 0 Å². The van der Waals surface area contributed by atoms with Gasteiger partial charge in [0.25, 0.3) is 0 Å². The minimum absolute atomic E-state index is 0.00314. The van der Waals surface area contributed by atoms with Gasteiger partial charge in [-0.3, -0.25) is 9.59 Å². The monoisotopic (exact) mass is 338 g/mol. The summed E-state index contributed by atoms with van der Waals surface area (Å²) in [7, 11) is 0. The molecule has 1 amide bonds. The summed E-state index contributed by atoms with van der Waals surface area (Å²) in [5.74, 6) is -0.180. The minimum atomic E-state index is -0.665. The quantitative estimate of drug-likeness (QED) is 0.849. The molecular weight excluding hydrogens is 316 g/mol. The number of hydrogen-bond acceptors (Lipinski definition) is 4. The summed E-state index contributed by atoms with van der Waals surface area (Å²) >= 11 is 0. The number of carbonyl (C=O) groups is 2. The summed E-state index contributed by atoms with van der Waals surface area (Å²) in [4.78, 5) is 25.2. The molecule has 0 unspecified atom stereocenters. The van der Waals surface area contributed by atoms with Crippen LogP contribution in [0.4, 0.5) is 0 Å². The minimum Gasteiger partial charge on any atom is -0.351 e. The van der Waals surface area contributed by atoms with Gasteiger partial charge in [-0.25, -0.2) is 4.68 Å². The third kappa shape index (κ3) is 2.86. The number of carbonyl (C=O) groups excluding carboxylic acids is 2. The normalized spacial score (nSPS) is 20.6.